The maximum Gasteiger partial charge on any atom is 0.225 e. The molecular formula is C13H27IN4O. The largest absolute Gasteiger partial charge is 0.357 e. The van der Waals surface area contributed by atoms with Gasteiger partial charge in [-0.2, -0.15) is 0 Å². The number of rotatable bonds is 4. The van der Waals surface area contributed by atoms with Gasteiger partial charge in [0.05, 0.1) is 0 Å². The van der Waals surface area contributed by atoms with Crippen LogP contribution >= 0.6 is 24.0 Å². The first-order valence-electron chi connectivity index (χ1n) is 6.92. The van der Waals surface area contributed by atoms with Crippen LogP contribution in [-0.2, 0) is 4.79 Å². The van der Waals surface area contributed by atoms with Crippen LogP contribution in [0.2, 0.25) is 0 Å². The standard InChI is InChI=1S/C13H26N4O.HI/c1-5-14-13(15-6-2)16-11-7-8-17(9-11)12(18)10(3)4;/h10-11H,5-9H2,1-4H3,(H2,14,15,16);1H. The molecule has 1 atom stereocenters. The van der Waals surface area contributed by atoms with Crippen molar-refractivity contribution in [1.29, 1.82) is 0 Å². The summed E-state index contributed by atoms with van der Waals surface area (Å²) in [6.07, 6.45) is 0.993. The number of amides is 1. The van der Waals surface area contributed by atoms with E-state index in [2.05, 4.69) is 22.5 Å². The fraction of sp³-hybridized carbons (Fsp3) is 0.846. The molecule has 1 unspecified atom stereocenters. The first kappa shape index (κ1) is 18.5. The molecule has 1 aliphatic heterocycles. The SMILES string of the molecule is CCN=C(NCC)NC1CCN(C(=O)C(C)C)C1.I. The van der Waals surface area contributed by atoms with E-state index in [1.807, 2.05) is 25.7 Å². The summed E-state index contributed by atoms with van der Waals surface area (Å²) in [5.74, 6) is 1.18. The van der Waals surface area contributed by atoms with Gasteiger partial charge in [-0.15, -0.1) is 24.0 Å². The van der Waals surface area contributed by atoms with Gasteiger partial charge < -0.3 is 15.5 Å². The maximum atomic E-state index is 11.9. The fourth-order valence-corrected chi connectivity index (χ4v) is 2.11. The molecule has 5 nitrogen and oxygen atoms in total. The van der Waals surface area contributed by atoms with Crippen LogP contribution in [0.25, 0.3) is 0 Å². The average molecular weight is 382 g/mol. The Balaban J connectivity index is 0.00000324. The number of nitrogens with zero attached hydrogens (tertiary/aromatic N) is 2. The van der Waals surface area contributed by atoms with Gasteiger partial charge in [-0.25, -0.2) is 0 Å². The highest BCUT2D eigenvalue weighted by atomic mass is 127. The normalized spacial score (nSPS) is 19.3. The summed E-state index contributed by atoms with van der Waals surface area (Å²) < 4.78 is 0. The Hall–Kier alpha value is -0.530. The summed E-state index contributed by atoms with van der Waals surface area (Å²) in [5.41, 5.74) is 0. The molecule has 0 aromatic rings. The second-order valence-corrected chi connectivity index (χ2v) is 4.92. The molecule has 1 fully saturated rings. The molecule has 0 aromatic heterocycles. The molecule has 0 radical (unpaired) electrons. The molecule has 0 spiro atoms. The maximum absolute atomic E-state index is 11.9. The number of guanidine groups is 1. The monoisotopic (exact) mass is 382 g/mol. The highest BCUT2D eigenvalue weighted by Crippen LogP contribution is 2.12. The molecule has 1 aliphatic rings. The molecule has 1 heterocycles. The quantitative estimate of drug-likeness (QED) is 0.440. The van der Waals surface area contributed by atoms with E-state index in [1.54, 1.807) is 0 Å². The lowest BCUT2D eigenvalue weighted by Crippen LogP contribution is -2.45. The molecular weight excluding hydrogens is 355 g/mol. The third-order valence-electron chi connectivity index (χ3n) is 3.00. The van der Waals surface area contributed by atoms with Crippen molar-refractivity contribution in [3.8, 4) is 0 Å². The van der Waals surface area contributed by atoms with Crippen molar-refractivity contribution in [1.82, 2.24) is 15.5 Å². The minimum atomic E-state index is 0. The predicted octanol–water partition coefficient (Wildman–Crippen LogP) is 1.44. The van der Waals surface area contributed by atoms with E-state index in [-0.39, 0.29) is 35.8 Å². The van der Waals surface area contributed by atoms with Crippen molar-refractivity contribution in [3.05, 3.63) is 0 Å². The summed E-state index contributed by atoms with van der Waals surface area (Å²) >= 11 is 0. The zero-order valence-corrected chi connectivity index (χ0v) is 14.7. The van der Waals surface area contributed by atoms with Crippen LogP contribution in [0.4, 0.5) is 0 Å². The first-order valence-corrected chi connectivity index (χ1v) is 6.92. The molecule has 0 aliphatic carbocycles. The highest BCUT2D eigenvalue weighted by Gasteiger charge is 2.27. The van der Waals surface area contributed by atoms with Crippen LogP contribution in [0, 0.1) is 5.92 Å². The number of aliphatic imine (C=N–C) groups is 1. The zero-order chi connectivity index (χ0) is 13.5. The van der Waals surface area contributed by atoms with Crippen molar-refractivity contribution in [2.24, 2.45) is 10.9 Å². The third kappa shape index (κ3) is 5.97. The lowest BCUT2D eigenvalue weighted by atomic mass is 10.2. The molecule has 0 aromatic carbocycles. The predicted molar refractivity (Wildman–Crippen MR) is 90.0 cm³/mol. The number of hydrogen-bond acceptors (Lipinski definition) is 2. The Kier molecular flexibility index (Phi) is 9.12. The second-order valence-electron chi connectivity index (χ2n) is 4.92. The Labute approximate surface area is 133 Å². The lowest BCUT2D eigenvalue weighted by Gasteiger charge is -2.20. The Morgan fingerprint density at radius 1 is 1.42 bits per heavy atom. The first-order chi connectivity index (χ1) is 8.58. The van der Waals surface area contributed by atoms with Crippen molar-refractivity contribution >= 4 is 35.8 Å². The highest BCUT2D eigenvalue weighted by molar-refractivity contribution is 14.0. The van der Waals surface area contributed by atoms with Gasteiger partial charge in [0, 0.05) is 38.1 Å². The number of hydrogen-bond donors (Lipinski definition) is 2. The Bertz CT molecular complexity index is 307. The van der Waals surface area contributed by atoms with E-state index < -0.39 is 0 Å². The topological polar surface area (TPSA) is 56.7 Å². The minimum absolute atomic E-state index is 0. The van der Waals surface area contributed by atoms with Crippen LogP contribution in [0.3, 0.4) is 0 Å². The molecule has 2 N–H and O–H groups in total. The Morgan fingerprint density at radius 2 is 2.11 bits per heavy atom. The van der Waals surface area contributed by atoms with Gasteiger partial charge in [0.2, 0.25) is 5.91 Å². The molecule has 1 saturated heterocycles. The summed E-state index contributed by atoms with van der Waals surface area (Å²) in [5, 5.41) is 6.60. The van der Waals surface area contributed by atoms with E-state index in [0.717, 1.165) is 38.6 Å². The number of halogens is 1. The molecule has 0 saturated carbocycles. The van der Waals surface area contributed by atoms with E-state index in [1.165, 1.54) is 0 Å². The fourth-order valence-electron chi connectivity index (χ4n) is 2.11. The second kappa shape index (κ2) is 9.39. The van der Waals surface area contributed by atoms with E-state index >= 15 is 0 Å². The van der Waals surface area contributed by atoms with Gasteiger partial charge in [0.25, 0.3) is 0 Å². The van der Waals surface area contributed by atoms with E-state index in [9.17, 15) is 4.79 Å². The van der Waals surface area contributed by atoms with Crippen molar-refractivity contribution in [2.75, 3.05) is 26.2 Å². The van der Waals surface area contributed by atoms with E-state index in [0.29, 0.717) is 6.04 Å². The number of nitrogens with one attached hydrogen (secondary N) is 2. The lowest BCUT2D eigenvalue weighted by molar-refractivity contribution is -0.133. The molecule has 0 bridgehead atoms. The van der Waals surface area contributed by atoms with E-state index in [4.69, 9.17) is 0 Å². The van der Waals surface area contributed by atoms with Crippen molar-refractivity contribution in [3.63, 3.8) is 0 Å². The van der Waals surface area contributed by atoms with Gasteiger partial charge in [-0.1, -0.05) is 13.8 Å². The molecule has 1 amide bonds. The molecule has 1 rings (SSSR count). The van der Waals surface area contributed by atoms with Gasteiger partial charge in [-0.3, -0.25) is 9.79 Å². The number of carbonyl (C=O) groups excluding carboxylic acids is 1. The number of carbonyl (C=O) groups is 1. The van der Waals surface area contributed by atoms with Gasteiger partial charge >= 0.3 is 0 Å². The van der Waals surface area contributed by atoms with Crippen LogP contribution in [0.1, 0.15) is 34.1 Å². The summed E-state index contributed by atoms with van der Waals surface area (Å²) in [6, 6.07) is 0.317. The smallest absolute Gasteiger partial charge is 0.225 e. The Morgan fingerprint density at radius 3 is 2.63 bits per heavy atom. The van der Waals surface area contributed by atoms with Crippen LogP contribution in [0.15, 0.2) is 4.99 Å². The minimum Gasteiger partial charge on any atom is -0.357 e. The van der Waals surface area contributed by atoms with Crippen molar-refractivity contribution < 1.29 is 4.79 Å². The van der Waals surface area contributed by atoms with Crippen LogP contribution in [-0.4, -0.2) is 49.0 Å². The van der Waals surface area contributed by atoms with Crippen molar-refractivity contribution in [2.45, 2.75) is 40.2 Å². The summed E-state index contributed by atoms with van der Waals surface area (Å²) in [4.78, 5) is 18.2. The van der Waals surface area contributed by atoms with Gasteiger partial charge in [-0.05, 0) is 20.3 Å². The summed E-state index contributed by atoms with van der Waals surface area (Å²) in [7, 11) is 0. The average Bonchev–Trinajstić information content (AvgIpc) is 2.77. The number of likely N-dealkylation sites (tertiary alicyclic amines) is 1. The molecule has 112 valence electrons. The molecule has 19 heavy (non-hydrogen) atoms. The van der Waals surface area contributed by atoms with Crippen LogP contribution in [0.5, 0.6) is 0 Å². The summed E-state index contributed by atoms with van der Waals surface area (Å²) in [6.45, 7) is 11.2. The molecule has 6 heteroatoms. The van der Waals surface area contributed by atoms with Crippen LogP contribution < -0.4 is 10.6 Å². The van der Waals surface area contributed by atoms with Gasteiger partial charge in [0.1, 0.15) is 0 Å². The third-order valence-corrected chi connectivity index (χ3v) is 3.00. The van der Waals surface area contributed by atoms with Gasteiger partial charge in [0.15, 0.2) is 5.96 Å². The zero-order valence-electron chi connectivity index (χ0n) is 12.4.